The van der Waals surface area contributed by atoms with Crippen molar-refractivity contribution in [3.8, 4) is 0 Å². The van der Waals surface area contributed by atoms with Crippen LogP contribution in [0.3, 0.4) is 0 Å². The molecule has 1 aromatic heterocycles. The second-order valence-electron chi connectivity index (χ2n) is 4.43. The predicted octanol–water partition coefficient (Wildman–Crippen LogP) is -0.841. The van der Waals surface area contributed by atoms with E-state index in [1.165, 1.54) is 4.68 Å². The van der Waals surface area contributed by atoms with Gasteiger partial charge in [-0.25, -0.2) is 8.42 Å². The van der Waals surface area contributed by atoms with Crippen LogP contribution in [0.1, 0.15) is 12.8 Å². The van der Waals surface area contributed by atoms with Crippen LogP contribution in [0.4, 0.5) is 5.82 Å². The normalized spacial score (nSPS) is 19.6. The molecule has 1 aliphatic rings. The number of aromatic nitrogens is 2. The van der Waals surface area contributed by atoms with Crippen molar-refractivity contribution in [1.29, 1.82) is 0 Å². The first-order chi connectivity index (χ1) is 8.44. The highest BCUT2D eigenvalue weighted by Gasteiger charge is 2.24. The Kier molecular flexibility index (Phi) is 3.55. The summed E-state index contributed by atoms with van der Waals surface area (Å²) in [6.45, 7) is 0.0977. The Morgan fingerprint density at radius 2 is 2.17 bits per heavy atom. The van der Waals surface area contributed by atoms with Crippen LogP contribution in [0, 0.1) is 0 Å². The molecule has 1 fully saturated rings. The number of carbonyl (C=O) groups excluding carboxylic acids is 1. The molecule has 0 aliphatic carbocycles. The standard InChI is InChI=1S/C10H16N4O3S/c11-9-1-4-14(13-9)7-10(15)12-8-2-5-18(16,17)6-3-8/h1,4,8H,2-3,5-7H2,(H2,11,13)(H,12,15). The average molecular weight is 272 g/mol. The Morgan fingerprint density at radius 3 is 2.72 bits per heavy atom. The molecule has 0 radical (unpaired) electrons. The van der Waals surface area contributed by atoms with Crippen molar-refractivity contribution < 1.29 is 13.2 Å². The van der Waals surface area contributed by atoms with Crippen molar-refractivity contribution in [3.05, 3.63) is 12.3 Å². The van der Waals surface area contributed by atoms with Crippen molar-refractivity contribution in [2.75, 3.05) is 17.2 Å². The molecule has 2 rings (SSSR count). The molecule has 3 N–H and O–H groups in total. The number of amides is 1. The van der Waals surface area contributed by atoms with E-state index in [0.29, 0.717) is 18.7 Å². The van der Waals surface area contributed by atoms with E-state index in [-0.39, 0.29) is 30.0 Å². The predicted molar refractivity (Wildman–Crippen MR) is 66.5 cm³/mol. The lowest BCUT2D eigenvalue weighted by Crippen LogP contribution is -2.42. The van der Waals surface area contributed by atoms with Crippen LogP contribution in [-0.2, 0) is 21.2 Å². The molecule has 7 nitrogen and oxygen atoms in total. The average Bonchev–Trinajstić information content (AvgIpc) is 2.67. The summed E-state index contributed by atoms with van der Waals surface area (Å²) in [5.41, 5.74) is 5.44. The quantitative estimate of drug-likeness (QED) is 0.746. The Morgan fingerprint density at radius 1 is 1.50 bits per heavy atom. The van der Waals surface area contributed by atoms with Crippen molar-refractivity contribution in [2.24, 2.45) is 0 Å². The Labute approximate surface area is 105 Å². The lowest BCUT2D eigenvalue weighted by Gasteiger charge is -2.22. The van der Waals surface area contributed by atoms with Gasteiger partial charge in [0.05, 0.1) is 11.5 Å². The molecule has 0 atom stereocenters. The van der Waals surface area contributed by atoms with E-state index in [1.807, 2.05) is 0 Å². The fraction of sp³-hybridized carbons (Fsp3) is 0.600. The molecular formula is C10H16N4O3S. The summed E-state index contributed by atoms with van der Waals surface area (Å²) < 4.78 is 23.9. The summed E-state index contributed by atoms with van der Waals surface area (Å²) in [6.07, 6.45) is 2.59. The van der Waals surface area contributed by atoms with Crippen LogP contribution >= 0.6 is 0 Å². The van der Waals surface area contributed by atoms with Gasteiger partial charge in [0.15, 0.2) is 0 Å². The Balaban J connectivity index is 1.82. The highest BCUT2D eigenvalue weighted by molar-refractivity contribution is 7.91. The number of rotatable bonds is 3. The van der Waals surface area contributed by atoms with Gasteiger partial charge in [-0.3, -0.25) is 9.48 Å². The number of hydrogen-bond acceptors (Lipinski definition) is 5. The van der Waals surface area contributed by atoms with Gasteiger partial charge in [-0.05, 0) is 18.9 Å². The third-order valence-corrected chi connectivity index (χ3v) is 4.60. The minimum Gasteiger partial charge on any atom is -0.382 e. The van der Waals surface area contributed by atoms with Gasteiger partial charge in [0, 0.05) is 12.2 Å². The van der Waals surface area contributed by atoms with E-state index in [2.05, 4.69) is 10.4 Å². The van der Waals surface area contributed by atoms with E-state index in [4.69, 9.17) is 5.73 Å². The SMILES string of the molecule is Nc1ccn(CC(=O)NC2CCS(=O)(=O)CC2)n1. The topological polar surface area (TPSA) is 107 Å². The molecule has 1 aromatic rings. The van der Waals surface area contributed by atoms with Crippen molar-refractivity contribution in [3.63, 3.8) is 0 Å². The first-order valence-corrected chi connectivity index (χ1v) is 7.55. The molecule has 1 amide bonds. The number of nitrogens with one attached hydrogen (secondary N) is 1. The first-order valence-electron chi connectivity index (χ1n) is 5.73. The number of sulfone groups is 1. The minimum absolute atomic E-state index is 0.0612. The monoisotopic (exact) mass is 272 g/mol. The lowest BCUT2D eigenvalue weighted by molar-refractivity contribution is -0.122. The summed E-state index contributed by atoms with van der Waals surface area (Å²) in [5.74, 6) is 0.480. The largest absolute Gasteiger partial charge is 0.382 e. The number of nitrogens with two attached hydrogens (primary N) is 1. The van der Waals surface area contributed by atoms with Gasteiger partial charge >= 0.3 is 0 Å². The summed E-state index contributed by atoms with van der Waals surface area (Å²) in [5, 5.41) is 6.71. The molecule has 0 saturated carbocycles. The van der Waals surface area contributed by atoms with Crippen molar-refractivity contribution >= 4 is 21.6 Å². The van der Waals surface area contributed by atoms with Gasteiger partial charge in [0.25, 0.3) is 0 Å². The maximum Gasteiger partial charge on any atom is 0.241 e. The van der Waals surface area contributed by atoms with E-state index < -0.39 is 9.84 Å². The van der Waals surface area contributed by atoms with Gasteiger partial charge in [-0.1, -0.05) is 0 Å². The number of anilines is 1. The summed E-state index contributed by atoms with van der Waals surface area (Å²) >= 11 is 0. The highest BCUT2D eigenvalue weighted by atomic mass is 32.2. The number of nitrogen functional groups attached to an aromatic ring is 1. The highest BCUT2D eigenvalue weighted by Crippen LogP contribution is 2.12. The van der Waals surface area contributed by atoms with Crippen LogP contribution in [0.15, 0.2) is 12.3 Å². The summed E-state index contributed by atoms with van der Waals surface area (Å²) in [4.78, 5) is 11.7. The van der Waals surface area contributed by atoms with E-state index >= 15 is 0 Å². The molecule has 2 heterocycles. The molecule has 18 heavy (non-hydrogen) atoms. The van der Waals surface area contributed by atoms with Gasteiger partial charge in [-0.15, -0.1) is 0 Å². The molecule has 100 valence electrons. The first kappa shape index (κ1) is 12.9. The zero-order valence-electron chi connectivity index (χ0n) is 9.87. The third-order valence-electron chi connectivity index (χ3n) is 2.89. The van der Waals surface area contributed by atoms with Crippen LogP contribution in [0.2, 0.25) is 0 Å². The van der Waals surface area contributed by atoms with Crippen molar-refractivity contribution in [2.45, 2.75) is 25.4 Å². The maximum atomic E-state index is 11.7. The van der Waals surface area contributed by atoms with Crippen LogP contribution < -0.4 is 11.1 Å². The maximum absolute atomic E-state index is 11.7. The van der Waals surface area contributed by atoms with Gasteiger partial charge < -0.3 is 11.1 Å². The zero-order chi connectivity index (χ0) is 13.2. The summed E-state index contributed by atoms with van der Waals surface area (Å²) in [7, 11) is -2.89. The van der Waals surface area contributed by atoms with Crippen LogP contribution in [0.5, 0.6) is 0 Å². The number of nitrogens with zero attached hydrogens (tertiary/aromatic N) is 2. The van der Waals surface area contributed by atoms with Gasteiger partial charge in [0.1, 0.15) is 22.2 Å². The fourth-order valence-electron chi connectivity index (χ4n) is 1.92. The number of hydrogen-bond donors (Lipinski definition) is 2. The fourth-order valence-corrected chi connectivity index (χ4v) is 3.41. The molecule has 0 aromatic carbocycles. The third kappa shape index (κ3) is 3.46. The zero-order valence-corrected chi connectivity index (χ0v) is 10.7. The van der Waals surface area contributed by atoms with E-state index in [1.54, 1.807) is 12.3 Å². The Bertz CT molecular complexity index is 523. The number of carbonyl (C=O) groups is 1. The molecular weight excluding hydrogens is 256 g/mol. The molecule has 0 bridgehead atoms. The molecule has 1 saturated heterocycles. The van der Waals surface area contributed by atoms with Crippen LogP contribution in [-0.4, -0.2) is 41.7 Å². The van der Waals surface area contributed by atoms with Crippen molar-refractivity contribution in [1.82, 2.24) is 15.1 Å². The minimum atomic E-state index is -2.89. The smallest absolute Gasteiger partial charge is 0.241 e. The van der Waals surface area contributed by atoms with Gasteiger partial charge in [0.2, 0.25) is 5.91 Å². The molecule has 8 heteroatoms. The Hall–Kier alpha value is -1.57. The second-order valence-corrected chi connectivity index (χ2v) is 6.74. The summed E-state index contributed by atoms with van der Waals surface area (Å²) in [6, 6.07) is 1.55. The molecule has 0 unspecified atom stereocenters. The van der Waals surface area contributed by atoms with Crippen LogP contribution in [0.25, 0.3) is 0 Å². The van der Waals surface area contributed by atoms with E-state index in [9.17, 15) is 13.2 Å². The molecule has 1 aliphatic heterocycles. The van der Waals surface area contributed by atoms with E-state index in [0.717, 1.165) is 0 Å². The second kappa shape index (κ2) is 4.97. The molecule has 0 spiro atoms. The lowest BCUT2D eigenvalue weighted by atomic mass is 10.1. The van der Waals surface area contributed by atoms with Gasteiger partial charge in [-0.2, -0.15) is 5.10 Å².